The van der Waals surface area contributed by atoms with Crippen LogP contribution in [0.5, 0.6) is 0 Å². The molecule has 1 aromatic heterocycles. The van der Waals surface area contributed by atoms with Crippen LogP contribution in [0.15, 0.2) is 48.8 Å². The van der Waals surface area contributed by atoms with Crippen molar-refractivity contribution >= 4 is 11.9 Å². The van der Waals surface area contributed by atoms with Crippen LogP contribution in [0.2, 0.25) is 0 Å². The average molecular weight is 338 g/mol. The van der Waals surface area contributed by atoms with Crippen molar-refractivity contribution in [3.05, 3.63) is 54.4 Å². The molecule has 0 saturated heterocycles. The maximum absolute atomic E-state index is 12.4. The first-order valence-corrected chi connectivity index (χ1v) is 8.58. The summed E-state index contributed by atoms with van der Waals surface area (Å²) in [5.74, 6) is -1.42. The molecule has 1 unspecified atom stereocenters. The third-order valence-corrected chi connectivity index (χ3v) is 4.94. The van der Waals surface area contributed by atoms with Crippen LogP contribution in [-0.4, -0.2) is 22.0 Å². The van der Waals surface area contributed by atoms with Crippen LogP contribution in [0.3, 0.4) is 0 Å². The van der Waals surface area contributed by atoms with Crippen LogP contribution in [-0.2, 0) is 9.59 Å². The third kappa shape index (κ3) is 4.05. The smallest absolute Gasteiger partial charge is 0.306 e. The molecule has 0 aliphatic heterocycles. The standard InChI is InChI=1S/C20H22N2O3/c1-13(22-19(23)17-6-7-18(12-17)20(24)25)14-2-4-15(5-3-14)16-8-10-21-11-9-16/h2-5,8-11,13,17-18H,6-7,12H2,1H3,(H,22,23)(H,24,25)/t13?,17-,18+/m1/s1. The molecule has 5 nitrogen and oxygen atoms in total. The van der Waals surface area contributed by atoms with Crippen molar-refractivity contribution in [2.75, 3.05) is 0 Å². The first kappa shape index (κ1) is 17.1. The van der Waals surface area contributed by atoms with Crippen molar-refractivity contribution in [1.82, 2.24) is 10.3 Å². The molecule has 1 aromatic carbocycles. The molecule has 3 atom stereocenters. The zero-order chi connectivity index (χ0) is 17.8. The molecule has 2 N–H and O–H groups in total. The van der Waals surface area contributed by atoms with E-state index in [1.807, 2.05) is 43.3 Å². The zero-order valence-electron chi connectivity index (χ0n) is 14.2. The largest absolute Gasteiger partial charge is 0.481 e. The number of benzene rings is 1. The van der Waals surface area contributed by atoms with Crippen molar-refractivity contribution in [1.29, 1.82) is 0 Å². The normalized spacial score (nSPS) is 20.8. The van der Waals surface area contributed by atoms with Crippen molar-refractivity contribution in [3.8, 4) is 11.1 Å². The van der Waals surface area contributed by atoms with Gasteiger partial charge in [-0.3, -0.25) is 14.6 Å². The fourth-order valence-corrected chi connectivity index (χ4v) is 3.37. The molecule has 1 amide bonds. The fourth-order valence-electron chi connectivity index (χ4n) is 3.37. The monoisotopic (exact) mass is 338 g/mol. The predicted molar refractivity (Wildman–Crippen MR) is 94.7 cm³/mol. The van der Waals surface area contributed by atoms with Crippen molar-refractivity contribution in [3.63, 3.8) is 0 Å². The highest BCUT2D eigenvalue weighted by Crippen LogP contribution is 2.31. The second-order valence-electron chi connectivity index (χ2n) is 6.63. The lowest BCUT2D eigenvalue weighted by Gasteiger charge is -2.18. The predicted octanol–water partition coefficient (Wildman–Crippen LogP) is 3.43. The first-order chi connectivity index (χ1) is 12.0. The Labute approximate surface area is 147 Å². The quantitative estimate of drug-likeness (QED) is 0.875. The van der Waals surface area contributed by atoms with Gasteiger partial charge in [0.1, 0.15) is 0 Å². The molecular weight excluding hydrogens is 316 g/mol. The molecule has 1 aliphatic carbocycles. The zero-order valence-corrected chi connectivity index (χ0v) is 14.2. The van der Waals surface area contributed by atoms with E-state index in [-0.39, 0.29) is 23.8 Å². The summed E-state index contributed by atoms with van der Waals surface area (Å²) in [5, 5.41) is 12.1. The lowest BCUT2D eigenvalue weighted by Crippen LogP contribution is -2.32. The summed E-state index contributed by atoms with van der Waals surface area (Å²) < 4.78 is 0. The molecular formula is C20H22N2O3. The van der Waals surface area contributed by atoms with Crippen LogP contribution < -0.4 is 5.32 Å². The van der Waals surface area contributed by atoms with E-state index in [4.69, 9.17) is 5.11 Å². The topological polar surface area (TPSA) is 79.3 Å². The lowest BCUT2D eigenvalue weighted by atomic mass is 10.0. The number of carboxylic acids is 1. The Hall–Kier alpha value is -2.69. The van der Waals surface area contributed by atoms with Crippen molar-refractivity contribution in [2.24, 2.45) is 11.8 Å². The molecule has 25 heavy (non-hydrogen) atoms. The van der Waals surface area contributed by atoms with E-state index in [1.165, 1.54) is 0 Å². The molecule has 0 bridgehead atoms. The molecule has 130 valence electrons. The second kappa shape index (κ2) is 7.47. The van der Waals surface area contributed by atoms with Crippen LogP contribution in [0, 0.1) is 11.8 Å². The minimum atomic E-state index is -0.796. The van der Waals surface area contributed by atoms with E-state index in [9.17, 15) is 9.59 Å². The van der Waals surface area contributed by atoms with E-state index < -0.39 is 5.97 Å². The number of nitrogens with one attached hydrogen (secondary N) is 1. The Bertz CT molecular complexity index is 743. The Morgan fingerprint density at radius 3 is 2.24 bits per heavy atom. The minimum absolute atomic E-state index is 0.0468. The van der Waals surface area contributed by atoms with Gasteiger partial charge in [-0.15, -0.1) is 0 Å². The number of aromatic nitrogens is 1. The number of amides is 1. The van der Waals surface area contributed by atoms with E-state index in [0.29, 0.717) is 19.3 Å². The SMILES string of the molecule is CC(NC(=O)[C@@H]1CC[C@H](C(=O)O)C1)c1ccc(-c2ccncc2)cc1. The summed E-state index contributed by atoms with van der Waals surface area (Å²) in [7, 11) is 0. The van der Waals surface area contributed by atoms with E-state index in [2.05, 4.69) is 10.3 Å². The van der Waals surface area contributed by atoms with Gasteiger partial charge in [0.2, 0.25) is 5.91 Å². The molecule has 2 aromatic rings. The molecule has 1 saturated carbocycles. The van der Waals surface area contributed by atoms with Gasteiger partial charge < -0.3 is 10.4 Å². The number of rotatable bonds is 5. The number of hydrogen-bond donors (Lipinski definition) is 2. The molecule has 1 heterocycles. The van der Waals surface area contributed by atoms with Gasteiger partial charge in [-0.1, -0.05) is 24.3 Å². The van der Waals surface area contributed by atoms with Gasteiger partial charge in [-0.25, -0.2) is 0 Å². The van der Waals surface area contributed by atoms with Gasteiger partial charge in [0.05, 0.1) is 12.0 Å². The van der Waals surface area contributed by atoms with Crippen LogP contribution in [0.25, 0.3) is 11.1 Å². The number of nitrogens with zero attached hydrogens (tertiary/aromatic N) is 1. The number of pyridine rings is 1. The molecule has 5 heteroatoms. The molecule has 1 aliphatic rings. The van der Waals surface area contributed by atoms with Gasteiger partial charge in [0.25, 0.3) is 0 Å². The van der Waals surface area contributed by atoms with Gasteiger partial charge in [-0.2, -0.15) is 0 Å². The molecule has 0 radical (unpaired) electrons. The highest BCUT2D eigenvalue weighted by Gasteiger charge is 2.34. The summed E-state index contributed by atoms with van der Waals surface area (Å²) in [6, 6.07) is 11.9. The summed E-state index contributed by atoms with van der Waals surface area (Å²) >= 11 is 0. The summed E-state index contributed by atoms with van der Waals surface area (Å²) in [5.41, 5.74) is 3.23. The average Bonchev–Trinajstić information content (AvgIpc) is 3.13. The van der Waals surface area contributed by atoms with Crippen LogP contribution in [0.1, 0.15) is 37.8 Å². The van der Waals surface area contributed by atoms with Crippen LogP contribution >= 0.6 is 0 Å². The van der Waals surface area contributed by atoms with E-state index >= 15 is 0 Å². The number of aliphatic carboxylic acids is 1. The molecule has 0 spiro atoms. The maximum Gasteiger partial charge on any atom is 0.306 e. The summed E-state index contributed by atoms with van der Waals surface area (Å²) in [6.07, 6.45) is 5.20. The Morgan fingerprint density at radius 1 is 1.04 bits per heavy atom. The number of carbonyl (C=O) groups is 2. The number of carbonyl (C=O) groups excluding carboxylic acids is 1. The third-order valence-electron chi connectivity index (χ3n) is 4.94. The first-order valence-electron chi connectivity index (χ1n) is 8.58. The van der Waals surface area contributed by atoms with Crippen molar-refractivity contribution < 1.29 is 14.7 Å². The minimum Gasteiger partial charge on any atom is -0.481 e. The molecule has 3 rings (SSSR count). The Balaban J connectivity index is 1.61. The van der Waals surface area contributed by atoms with Crippen molar-refractivity contribution in [2.45, 2.75) is 32.2 Å². The summed E-state index contributed by atoms with van der Waals surface area (Å²) in [4.78, 5) is 27.4. The Morgan fingerprint density at radius 2 is 1.64 bits per heavy atom. The van der Waals surface area contributed by atoms with Crippen LogP contribution in [0.4, 0.5) is 0 Å². The highest BCUT2D eigenvalue weighted by molar-refractivity contribution is 5.81. The van der Waals surface area contributed by atoms with Gasteiger partial charge in [0, 0.05) is 18.3 Å². The van der Waals surface area contributed by atoms with E-state index in [0.717, 1.165) is 16.7 Å². The number of hydrogen-bond acceptors (Lipinski definition) is 3. The fraction of sp³-hybridized carbons (Fsp3) is 0.350. The maximum atomic E-state index is 12.4. The highest BCUT2D eigenvalue weighted by atomic mass is 16.4. The van der Waals surface area contributed by atoms with Gasteiger partial charge >= 0.3 is 5.97 Å². The van der Waals surface area contributed by atoms with Gasteiger partial charge in [0.15, 0.2) is 0 Å². The Kier molecular flexibility index (Phi) is 5.12. The lowest BCUT2D eigenvalue weighted by molar-refractivity contribution is -0.141. The summed E-state index contributed by atoms with van der Waals surface area (Å²) in [6.45, 7) is 1.95. The number of carboxylic acid groups (broad SMARTS) is 1. The second-order valence-corrected chi connectivity index (χ2v) is 6.63. The molecule has 1 fully saturated rings. The van der Waals surface area contributed by atoms with E-state index in [1.54, 1.807) is 12.4 Å². The van der Waals surface area contributed by atoms with Gasteiger partial charge in [-0.05, 0) is 55.0 Å².